The Morgan fingerprint density at radius 2 is 2.32 bits per heavy atom. The summed E-state index contributed by atoms with van der Waals surface area (Å²) in [6.07, 6.45) is 0. The highest BCUT2D eigenvalue weighted by Gasteiger charge is 2.37. The van der Waals surface area contributed by atoms with Gasteiger partial charge >= 0.3 is 5.97 Å². The Hall–Kier alpha value is -2.05. The van der Waals surface area contributed by atoms with Crippen LogP contribution in [0, 0.1) is 18.8 Å². The minimum atomic E-state index is -0.827. The van der Waals surface area contributed by atoms with Crippen LogP contribution < -0.4 is 4.74 Å². The number of aliphatic carboxylic acids is 1. The summed E-state index contributed by atoms with van der Waals surface area (Å²) in [4.78, 5) is 24.1. The van der Waals surface area contributed by atoms with Crippen LogP contribution in [-0.2, 0) is 9.59 Å². The Kier molecular flexibility index (Phi) is 3.73. The largest absolute Gasteiger partial charge is 0.481 e. The zero-order valence-electron chi connectivity index (χ0n) is 10.8. The van der Waals surface area contributed by atoms with Crippen molar-refractivity contribution < 1.29 is 24.0 Å². The summed E-state index contributed by atoms with van der Waals surface area (Å²) in [5.41, 5.74) is 0. The molecule has 1 saturated heterocycles. The third-order valence-corrected chi connectivity index (χ3v) is 3.31. The molecule has 2 heterocycles. The van der Waals surface area contributed by atoms with E-state index in [-0.39, 0.29) is 24.3 Å². The molecule has 104 valence electrons. The van der Waals surface area contributed by atoms with Gasteiger partial charge < -0.3 is 19.3 Å². The highest BCUT2D eigenvalue weighted by molar-refractivity contribution is 5.79. The molecule has 1 amide bonds. The van der Waals surface area contributed by atoms with Gasteiger partial charge in [0.15, 0.2) is 6.61 Å². The summed E-state index contributed by atoms with van der Waals surface area (Å²) in [6, 6.07) is 1.60. The number of ether oxygens (including phenoxy) is 1. The first-order chi connectivity index (χ1) is 8.97. The fraction of sp³-hybridized carbons (Fsp3) is 0.583. The summed E-state index contributed by atoms with van der Waals surface area (Å²) >= 11 is 0. The molecule has 1 unspecified atom stereocenters. The average Bonchev–Trinajstić information content (AvgIpc) is 2.70. The number of carbonyl (C=O) groups is 2. The van der Waals surface area contributed by atoms with Crippen LogP contribution in [0.4, 0.5) is 0 Å². The van der Waals surface area contributed by atoms with E-state index in [0.29, 0.717) is 18.8 Å². The van der Waals surface area contributed by atoms with E-state index in [1.165, 1.54) is 0 Å². The Balaban J connectivity index is 1.73. The first-order valence-electron chi connectivity index (χ1n) is 6.04. The smallest absolute Gasteiger partial charge is 0.306 e. The lowest BCUT2D eigenvalue weighted by atomic mass is 9.87. The molecule has 0 aliphatic carbocycles. The number of likely N-dealkylation sites (tertiary alicyclic amines) is 1. The van der Waals surface area contributed by atoms with Gasteiger partial charge in [0, 0.05) is 25.1 Å². The number of rotatable bonds is 5. The molecule has 0 radical (unpaired) electrons. The summed E-state index contributed by atoms with van der Waals surface area (Å²) in [6.45, 7) is 4.21. The Labute approximate surface area is 110 Å². The number of aromatic nitrogens is 1. The molecule has 19 heavy (non-hydrogen) atoms. The van der Waals surface area contributed by atoms with E-state index < -0.39 is 11.9 Å². The minimum absolute atomic E-state index is 0.0238. The number of amides is 1. The summed E-state index contributed by atoms with van der Waals surface area (Å²) in [7, 11) is 0. The molecule has 7 heteroatoms. The SMILES string of the molecule is Cc1cc(OCC(=O)N2CC(C(C)C(=O)O)C2)no1. The van der Waals surface area contributed by atoms with E-state index in [1.807, 2.05) is 0 Å². The summed E-state index contributed by atoms with van der Waals surface area (Å²) in [5, 5.41) is 12.5. The third kappa shape index (κ3) is 3.04. The van der Waals surface area contributed by atoms with E-state index >= 15 is 0 Å². The van der Waals surface area contributed by atoms with Gasteiger partial charge in [-0.2, -0.15) is 0 Å². The fourth-order valence-corrected chi connectivity index (χ4v) is 1.87. The Morgan fingerprint density at radius 1 is 1.63 bits per heavy atom. The van der Waals surface area contributed by atoms with E-state index in [1.54, 1.807) is 24.8 Å². The molecule has 1 aliphatic heterocycles. The van der Waals surface area contributed by atoms with Crippen LogP contribution in [0.3, 0.4) is 0 Å². The van der Waals surface area contributed by atoms with Crippen LogP contribution in [0.2, 0.25) is 0 Å². The van der Waals surface area contributed by atoms with Crippen LogP contribution in [-0.4, -0.2) is 46.7 Å². The Bertz CT molecular complexity index is 478. The van der Waals surface area contributed by atoms with Crippen LogP contribution in [0.25, 0.3) is 0 Å². The van der Waals surface area contributed by atoms with Gasteiger partial charge in [-0.05, 0) is 12.1 Å². The second-order valence-corrected chi connectivity index (χ2v) is 4.75. The monoisotopic (exact) mass is 268 g/mol. The predicted molar refractivity (Wildman–Crippen MR) is 63.6 cm³/mol. The lowest BCUT2D eigenvalue weighted by molar-refractivity contribution is -0.151. The van der Waals surface area contributed by atoms with Crippen molar-refractivity contribution in [3.8, 4) is 5.88 Å². The van der Waals surface area contributed by atoms with Crippen molar-refractivity contribution in [3.63, 3.8) is 0 Å². The van der Waals surface area contributed by atoms with Gasteiger partial charge in [-0.25, -0.2) is 0 Å². The third-order valence-electron chi connectivity index (χ3n) is 3.31. The molecule has 0 spiro atoms. The number of carboxylic acids is 1. The van der Waals surface area contributed by atoms with Crippen molar-refractivity contribution >= 4 is 11.9 Å². The number of nitrogens with zero attached hydrogens (tertiary/aromatic N) is 2. The van der Waals surface area contributed by atoms with Gasteiger partial charge in [-0.15, -0.1) is 0 Å². The topological polar surface area (TPSA) is 92.9 Å². The molecule has 7 nitrogen and oxygen atoms in total. The Morgan fingerprint density at radius 3 is 2.84 bits per heavy atom. The first-order valence-corrected chi connectivity index (χ1v) is 6.04. The molecule has 1 aliphatic rings. The predicted octanol–water partition coefficient (Wildman–Crippen LogP) is 0.541. The maximum absolute atomic E-state index is 11.7. The zero-order valence-corrected chi connectivity index (χ0v) is 10.8. The van der Waals surface area contributed by atoms with Gasteiger partial charge in [-0.1, -0.05) is 6.92 Å². The molecular weight excluding hydrogens is 252 g/mol. The zero-order chi connectivity index (χ0) is 14.0. The standard InChI is InChI=1S/C12H16N2O5/c1-7-3-10(13-19-7)18-6-11(15)14-4-9(5-14)8(2)12(16)17/h3,8-9H,4-6H2,1-2H3,(H,16,17). The average molecular weight is 268 g/mol. The molecule has 0 aromatic carbocycles. The maximum atomic E-state index is 11.7. The first kappa shape index (κ1) is 13.4. The molecule has 1 fully saturated rings. The highest BCUT2D eigenvalue weighted by atomic mass is 16.5. The van der Waals surface area contributed by atoms with E-state index in [4.69, 9.17) is 14.4 Å². The van der Waals surface area contributed by atoms with Crippen molar-refractivity contribution in [2.45, 2.75) is 13.8 Å². The second kappa shape index (κ2) is 5.29. The number of carboxylic acid groups (broad SMARTS) is 1. The molecule has 1 atom stereocenters. The molecule has 1 aromatic heterocycles. The number of hydrogen-bond donors (Lipinski definition) is 1. The van der Waals surface area contributed by atoms with E-state index in [0.717, 1.165) is 0 Å². The van der Waals surface area contributed by atoms with Gasteiger partial charge in [0.05, 0.1) is 5.92 Å². The second-order valence-electron chi connectivity index (χ2n) is 4.75. The molecular formula is C12H16N2O5. The number of aryl methyl sites for hydroxylation is 1. The van der Waals surface area contributed by atoms with Gasteiger partial charge in [0.25, 0.3) is 11.8 Å². The summed E-state index contributed by atoms with van der Waals surface area (Å²) in [5.74, 6) is -0.511. The molecule has 0 bridgehead atoms. The highest BCUT2D eigenvalue weighted by Crippen LogP contribution is 2.24. The lowest BCUT2D eigenvalue weighted by Crippen LogP contribution is -2.54. The van der Waals surface area contributed by atoms with Crippen molar-refractivity contribution in [1.29, 1.82) is 0 Å². The maximum Gasteiger partial charge on any atom is 0.306 e. The van der Waals surface area contributed by atoms with Crippen molar-refractivity contribution in [1.82, 2.24) is 10.1 Å². The van der Waals surface area contributed by atoms with Gasteiger partial charge in [-0.3, -0.25) is 9.59 Å². The quantitative estimate of drug-likeness (QED) is 0.837. The summed E-state index contributed by atoms with van der Waals surface area (Å²) < 4.78 is 9.98. The van der Waals surface area contributed by atoms with Gasteiger partial charge in [0.2, 0.25) is 0 Å². The fourth-order valence-electron chi connectivity index (χ4n) is 1.87. The number of hydrogen-bond acceptors (Lipinski definition) is 5. The number of carbonyl (C=O) groups excluding carboxylic acids is 1. The van der Waals surface area contributed by atoms with Crippen LogP contribution in [0.1, 0.15) is 12.7 Å². The van der Waals surface area contributed by atoms with E-state index in [2.05, 4.69) is 5.16 Å². The van der Waals surface area contributed by atoms with Crippen molar-refractivity contribution in [2.24, 2.45) is 11.8 Å². The van der Waals surface area contributed by atoms with E-state index in [9.17, 15) is 9.59 Å². The van der Waals surface area contributed by atoms with Crippen LogP contribution in [0.15, 0.2) is 10.6 Å². The molecule has 2 rings (SSSR count). The normalized spacial score (nSPS) is 16.8. The lowest BCUT2D eigenvalue weighted by Gasteiger charge is -2.41. The van der Waals surface area contributed by atoms with Crippen molar-refractivity contribution in [2.75, 3.05) is 19.7 Å². The molecule has 1 N–H and O–H groups in total. The van der Waals surface area contributed by atoms with Crippen LogP contribution >= 0.6 is 0 Å². The van der Waals surface area contributed by atoms with Crippen LogP contribution in [0.5, 0.6) is 5.88 Å². The molecule has 0 saturated carbocycles. The van der Waals surface area contributed by atoms with Gasteiger partial charge in [0.1, 0.15) is 5.76 Å². The van der Waals surface area contributed by atoms with Crippen molar-refractivity contribution in [3.05, 3.63) is 11.8 Å². The minimum Gasteiger partial charge on any atom is -0.481 e. The molecule has 1 aromatic rings.